The molecule has 0 aromatic heterocycles. The number of methoxy groups -OCH3 is 2. The summed E-state index contributed by atoms with van der Waals surface area (Å²) in [7, 11) is 3.27. The lowest BCUT2D eigenvalue weighted by Gasteiger charge is -2.13. The van der Waals surface area contributed by atoms with E-state index in [9.17, 15) is 0 Å². The molecule has 4 nitrogen and oxygen atoms in total. The molecule has 0 heterocycles. The second-order valence-corrected chi connectivity index (χ2v) is 5.89. The molecule has 2 rings (SSSR count). The van der Waals surface area contributed by atoms with E-state index in [4.69, 9.17) is 25.8 Å². The Morgan fingerprint density at radius 3 is 2.48 bits per heavy atom. The topological polar surface area (TPSA) is 39.7 Å². The number of ether oxygens (including phenoxy) is 3. The highest BCUT2D eigenvalue weighted by molar-refractivity contribution is 6.32. The average Bonchev–Trinajstić information content (AvgIpc) is 2.64. The molecule has 0 amide bonds. The van der Waals surface area contributed by atoms with Crippen molar-refractivity contribution in [1.29, 1.82) is 0 Å². The summed E-state index contributed by atoms with van der Waals surface area (Å²) in [6, 6.07) is 11.9. The van der Waals surface area contributed by atoms with Crippen LogP contribution in [0.2, 0.25) is 5.02 Å². The zero-order valence-electron chi connectivity index (χ0n) is 14.7. The molecule has 0 saturated carbocycles. The van der Waals surface area contributed by atoms with Gasteiger partial charge in [0.05, 0.1) is 19.2 Å². The molecule has 0 saturated heterocycles. The molecule has 2 aromatic carbocycles. The summed E-state index contributed by atoms with van der Waals surface area (Å²) in [5, 5.41) is 3.95. The van der Waals surface area contributed by atoms with Crippen LogP contribution in [0.5, 0.6) is 17.2 Å². The number of halogens is 1. The van der Waals surface area contributed by atoms with Gasteiger partial charge in [0.2, 0.25) is 0 Å². The van der Waals surface area contributed by atoms with Crippen LogP contribution >= 0.6 is 11.6 Å². The minimum absolute atomic E-state index is 0.384. The van der Waals surface area contributed by atoms with Gasteiger partial charge in [-0.05, 0) is 48.4 Å². The normalized spacial score (nSPS) is 10.4. The van der Waals surface area contributed by atoms with Gasteiger partial charge >= 0.3 is 0 Å². The SMILES string of the molecule is C=CCOc1c(Cl)cc(CNCCc2ccc(OC)cc2)cc1OC. The summed E-state index contributed by atoms with van der Waals surface area (Å²) >= 11 is 6.31. The van der Waals surface area contributed by atoms with Gasteiger partial charge < -0.3 is 19.5 Å². The minimum Gasteiger partial charge on any atom is -0.497 e. The fourth-order valence-corrected chi connectivity index (χ4v) is 2.70. The van der Waals surface area contributed by atoms with Crippen LogP contribution in [0.25, 0.3) is 0 Å². The highest BCUT2D eigenvalue weighted by Crippen LogP contribution is 2.36. The van der Waals surface area contributed by atoms with Crippen LogP contribution in [-0.4, -0.2) is 27.4 Å². The smallest absolute Gasteiger partial charge is 0.180 e. The number of rotatable bonds is 10. The molecular weight excluding hydrogens is 338 g/mol. The third-order valence-electron chi connectivity index (χ3n) is 3.71. The van der Waals surface area contributed by atoms with Crippen LogP contribution in [0.4, 0.5) is 0 Å². The van der Waals surface area contributed by atoms with Crippen molar-refractivity contribution in [2.24, 2.45) is 0 Å². The zero-order chi connectivity index (χ0) is 18.1. The maximum Gasteiger partial charge on any atom is 0.180 e. The molecule has 0 bridgehead atoms. The van der Waals surface area contributed by atoms with Crippen molar-refractivity contribution in [3.8, 4) is 17.2 Å². The predicted molar refractivity (Wildman–Crippen MR) is 102 cm³/mol. The Morgan fingerprint density at radius 1 is 1.08 bits per heavy atom. The van der Waals surface area contributed by atoms with Crippen molar-refractivity contribution in [1.82, 2.24) is 5.32 Å². The standard InChI is InChI=1S/C20H24ClNO3/c1-4-11-25-20-18(21)12-16(13-19(20)24-3)14-22-10-9-15-5-7-17(23-2)8-6-15/h4-8,12-13,22H,1,9-11,14H2,2-3H3. The van der Waals surface area contributed by atoms with Crippen LogP contribution in [0.3, 0.4) is 0 Å². The van der Waals surface area contributed by atoms with E-state index in [0.29, 0.717) is 29.7 Å². The van der Waals surface area contributed by atoms with E-state index in [2.05, 4.69) is 24.0 Å². The van der Waals surface area contributed by atoms with E-state index in [0.717, 1.165) is 24.3 Å². The van der Waals surface area contributed by atoms with Crippen molar-refractivity contribution < 1.29 is 14.2 Å². The van der Waals surface area contributed by atoms with E-state index < -0.39 is 0 Å². The molecule has 0 aliphatic carbocycles. The fraction of sp³-hybridized carbons (Fsp3) is 0.300. The molecular formula is C20H24ClNO3. The Kier molecular flexibility index (Phi) is 7.64. The Labute approximate surface area is 154 Å². The van der Waals surface area contributed by atoms with Crippen molar-refractivity contribution in [3.63, 3.8) is 0 Å². The van der Waals surface area contributed by atoms with Gasteiger partial charge in [0.15, 0.2) is 11.5 Å². The number of hydrogen-bond acceptors (Lipinski definition) is 4. The van der Waals surface area contributed by atoms with Gasteiger partial charge in [-0.2, -0.15) is 0 Å². The molecule has 0 fully saturated rings. The molecule has 0 aliphatic heterocycles. The summed E-state index contributed by atoms with van der Waals surface area (Å²) in [4.78, 5) is 0. The third-order valence-corrected chi connectivity index (χ3v) is 3.99. The molecule has 1 N–H and O–H groups in total. The van der Waals surface area contributed by atoms with E-state index in [1.54, 1.807) is 20.3 Å². The van der Waals surface area contributed by atoms with Crippen LogP contribution in [0.15, 0.2) is 49.1 Å². The maximum absolute atomic E-state index is 6.31. The average molecular weight is 362 g/mol. The number of hydrogen-bond donors (Lipinski definition) is 1. The van der Waals surface area contributed by atoms with Crippen LogP contribution in [0, 0.1) is 0 Å². The number of benzene rings is 2. The second-order valence-electron chi connectivity index (χ2n) is 5.48. The van der Waals surface area contributed by atoms with Gasteiger partial charge in [-0.1, -0.05) is 36.4 Å². The Morgan fingerprint density at radius 2 is 1.84 bits per heavy atom. The molecule has 0 spiro atoms. The fourth-order valence-electron chi connectivity index (χ4n) is 2.42. The van der Waals surface area contributed by atoms with Gasteiger partial charge in [-0.15, -0.1) is 0 Å². The first-order chi connectivity index (χ1) is 12.2. The molecule has 2 aromatic rings. The first-order valence-electron chi connectivity index (χ1n) is 8.11. The van der Waals surface area contributed by atoms with Crippen molar-refractivity contribution in [2.45, 2.75) is 13.0 Å². The largest absolute Gasteiger partial charge is 0.497 e. The van der Waals surface area contributed by atoms with E-state index in [1.807, 2.05) is 24.3 Å². The highest BCUT2D eigenvalue weighted by atomic mass is 35.5. The van der Waals surface area contributed by atoms with Crippen molar-refractivity contribution in [2.75, 3.05) is 27.4 Å². The Balaban J connectivity index is 1.89. The third kappa shape index (κ3) is 5.69. The molecule has 5 heteroatoms. The monoisotopic (exact) mass is 361 g/mol. The van der Waals surface area contributed by atoms with Gasteiger partial charge in [0.25, 0.3) is 0 Å². The second kappa shape index (κ2) is 9.97. The highest BCUT2D eigenvalue weighted by Gasteiger charge is 2.11. The van der Waals surface area contributed by atoms with E-state index >= 15 is 0 Å². The summed E-state index contributed by atoms with van der Waals surface area (Å²) < 4.78 is 16.1. The van der Waals surface area contributed by atoms with Gasteiger partial charge in [0, 0.05) is 6.54 Å². The maximum atomic E-state index is 6.31. The molecule has 0 radical (unpaired) electrons. The van der Waals surface area contributed by atoms with E-state index in [1.165, 1.54) is 5.56 Å². The first-order valence-corrected chi connectivity index (χ1v) is 8.49. The predicted octanol–water partition coefficient (Wildman–Crippen LogP) is 4.25. The van der Waals surface area contributed by atoms with Crippen molar-refractivity contribution in [3.05, 3.63) is 65.2 Å². The van der Waals surface area contributed by atoms with Gasteiger partial charge in [-0.3, -0.25) is 0 Å². The Hall–Kier alpha value is -2.17. The zero-order valence-corrected chi connectivity index (χ0v) is 15.4. The summed E-state index contributed by atoms with van der Waals surface area (Å²) in [5.74, 6) is 2.05. The van der Waals surface area contributed by atoms with E-state index in [-0.39, 0.29) is 0 Å². The number of nitrogens with one attached hydrogen (secondary N) is 1. The Bertz CT molecular complexity index is 686. The summed E-state index contributed by atoms with van der Waals surface area (Å²) in [5.41, 5.74) is 2.31. The van der Waals surface area contributed by atoms with Crippen molar-refractivity contribution >= 4 is 11.6 Å². The van der Waals surface area contributed by atoms with Gasteiger partial charge in [0.1, 0.15) is 12.4 Å². The lowest BCUT2D eigenvalue weighted by atomic mass is 10.1. The summed E-state index contributed by atoms with van der Waals surface area (Å²) in [6.45, 7) is 5.59. The quantitative estimate of drug-likeness (QED) is 0.507. The van der Waals surface area contributed by atoms with Crippen LogP contribution in [0.1, 0.15) is 11.1 Å². The van der Waals surface area contributed by atoms with Crippen LogP contribution in [-0.2, 0) is 13.0 Å². The summed E-state index contributed by atoms with van der Waals surface area (Å²) in [6.07, 6.45) is 2.61. The molecule has 0 aliphatic rings. The molecule has 134 valence electrons. The molecule has 0 atom stereocenters. The minimum atomic E-state index is 0.384. The lowest BCUT2D eigenvalue weighted by molar-refractivity contribution is 0.326. The van der Waals surface area contributed by atoms with Gasteiger partial charge in [-0.25, -0.2) is 0 Å². The molecule has 25 heavy (non-hydrogen) atoms. The first kappa shape index (κ1) is 19.2. The molecule has 0 unspecified atom stereocenters. The van der Waals surface area contributed by atoms with Crippen LogP contribution < -0.4 is 19.5 Å². The lowest BCUT2D eigenvalue weighted by Crippen LogP contribution is -2.16.